The van der Waals surface area contributed by atoms with E-state index >= 15 is 0 Å². The number of carbonyl (C=O) groups is 1. The zero-order valence-corrected chi connectivity index (χ0v) is 18.3. The molecule has 1 aliphatic rings. The fourth-order valence-electron chi connectivity index (χ4n) is 3.50. The molecule has 1 fully saturated rings. The number of hydrogen-bond donors (Lipinski definition) is 1. The van der Waals surface area contributed by atoms with Crippen LogP contribution in [0.25, 0.3) is 21.3 Å². The Hall–Kier alpha value is -3.78. The predicted molar refractivity (Wildman–Crippen MR) is 117 cm³/mol. The molecule has 34 heavy (non-hydrogen) atoms. The smallest absolute Gasteiger partial charge is 0.416 e. The second-order valence-corrected chi connectivity index (χ2v) is 9.17. The number of rotatable bonds is 6. The standard InChI is InChI=1S/C23H16F3N5O2S/c24-23(25,26)15-3-1-2-13(8-15)14-4-5-16-17(9-14)34-21(28-16)11-20-31-30-19(33-20)10-18(32)29-22(12-27)6-7-22/h1-5,8-9H,6-7,10-11H2,(H,29,32). The van der Waals surface area contributed by atoms with E-state index in [-0.39, 0.29) is 24.6 Å². The van der Waals surface area contributed by atoms with Crippen molar-refractivity contribution in [3.63, 3.8) is 0 Å². The van der Waals surface area contributed by atoms with Crippen LogP contribution in [0.3, 0.4) is 0 Å². The maximum atomic E-state index is 13.0. The summed E-state index contributed by atoms with van der Waals surface area (Å²) in [6, 6.07) is 12.6. The molecule has 5 rings (SSSR count). The Labute approximate surface area is 195 Å². The number of amides is 1. The average Bonchev–Trinajstić information content (AvgIpc) is 3.24. The van der Waals surface area contributed by atoms with Crippen LogP contribution in [0.2, 0.25) is 0 Å². The lowest BCUT2D eigenvalue weighted by atomic mass is 10.0. The van der Waals surface area contributed by atoms with Gasteiger partial charge in [-0.3, -0.25) is 4.79 Å². The van der Waals surface area contributed by atoms with E-state index in [0.717, 1.165) is 16.8 Å². The Bertz CT molecular complexity index is 1430. The maximum Gasteiger partial charge on any atom is 0.416 e. The fraction of sp³-hybridized carbons (Fsp3) is 0.261. The lowest BCUT2D eigenvalue weighted by Gasteiger charge is -2.08. The van der Waals surface area contributed by atoms with Crippen molar-refractivity contribution in [1.29, 1.82) is 5.26 Å². The van der Waals surface area contributed by atoms with E-state index in [0.29, 0.717) is 40.4 Å². The number of hydrogen-bond acceptors (Lipinski definition) is 7. The third-order valence-electron chi connectivity index (χ3n) is 5.42. The minimum Gasteiger partial charge on any atom is -0.424 e. The number of alkyl halides is 3. The highest BCUT2D eigenvalue weighted by Crippen LogP contribution is 2.35. The highest BCUT2D eigenvalue weighted by molar-refractivity contribution is 7.18. The van der Waals surface area contributed by atoms with E-state index < -0.39 is 17.3 Å². The molecule has 1 N–H and O–H groups in total. The number of aromatic nitrogens is 3. The number of nitriles is 1. The fourth-order valence-corrected chi connectivity index (χ4v) is 4.50. The molecule has 0 spiro atoms. The molecule has 0 atom stereocenters. The molecule has 0 saturated heterocycles. The van der Waals surface area contributed by atoms with Crippen molar-refractivity contribution >= 4 is 27.5 Å². The first-order valence-electron chi connectivity index (χ1n) is 10.3. The topological polar surface area (TPSA) is 105 Å². The minimum absolute atomic E-state index is 0.114. The Kier molecular flexibility index (Phi) is 5.32. The maximum absolute atomic E-state index is 13.0. The number of carbonyl (C=O) groups excluding carboxylic acids is 1. The van der Waals surface area contributed by atoms with Crippen molar-refractivity contribution in [3.05, 3.63) is 64.8 Å². The van der Waals surface area contributed by atoms with Gasteiger partial charge in [0.05, 0.1) is 28.3 Å². The number of nitrogens with one attached hydrogen (secondary N) is 1. The van der Waals surface area contributed by atoms with Crippen molar-refractivity contribution in [1.82, 2.24) is 20.5 Å². The summed E-state index contributed by atoms with van der Waals surface area (Å²) in [7, 11) is 0. The quantitative estimate of drug-likeness (QED) is 0.427. The van der Waals surface area contributed by atoms with Gasteiger partial charge in [0.15, 0.2) is 0 Å². The zero-order chi connectivity index (χ0) is 23.9. The monoisotopic (exact) mass is 483 g/mol. The molecular weight excluding hydrogens is 467 g/mol. The summed E-state index contributed by atoms with van der Waals surface area (Å²) in [5.74, 6) is 0.0897. The first kappa shape index (κ1) is 22.0. The molecule has 0 bridgehead atoms. The highest BCUT2D eigenvalue weighted by atomic mass is 32.1. The van der Waals surface area contributed by atoms with E-state index in [1.165, 1.54) is 17.4 Å². The van der Waals surface area contributed by atoms with Gasteiger partial charge in [0, 0.05) is 0 Å². The average molecular weight is 483 g/mol. The second-order valence-electron chi connectivity index (χ2n) is 8.05. The van der Waals surface area contributed by atoms with Crippen LogP contribution in [0, 0.1) is 11.3 Å². The molecule has 2 heterocycles. The number of thiazole rings is 1. The lowest BCUT2D eigenvalue weighted by molar-refractivity contribution is -0.137. The van der Waals surface area contributed by atoms with Gasteiger partial charge in [-0.15, -0.1) is 21.5 Å². The molecule has 4 aromatic rings. The molecule has 11 heteroatoms. The van der Waals surface area contributed by atoms with Crippen LogP contribution in [-0.2, 0) is 23.8 Å². The Morgan fingerprint density at radius 1 is 1.15 bits per heavy atom. The lowest BCUT2D eigenvalue weighted by Crippen LogP contribution is -2.36. The van der Waals surface area contributed by atoms with Crippen LogP contribution in [0.4, 0.5) is 13.2 Å². The SMILES string of the molecule is N#CC1(NC(=O)Cc2nnc(Cc3nc4ccc(-c5cccc(C(F)(F)F)c5)cc4s3)o2)CC1. The summed E-state index contributed by atoms with van der Waals surface area (Å²) in [6.07, 6.45) is -2.99. The van der Waals surface area contributed by atoms with Crippen LogP contribution in [-0.4, -0.2) is 26.6 Å². The van der Waals surface area contributed by atoms with Gasteiger partial charge < -0.3 is 9.73 Å². The molecule has 172 valence electrons. The number of fused-ring (bicyclic) bond motifs is 1. The van der Waals surface area contributed by atoms with Crippen LogP contribution >= 0.6 is 11.3 Å². The van der Waals surface area contributed by atoms with E-state index in [4.69, 9.17) is 9.68 Å². The van der Waals surface area contributed by atoms with Crippen molar-refractivity contribution in [3.8, 4) is 17.2 Å². The van der Waals surface area contributed by atoms with E-state index in [1.807, 2.05) is 0 Å². The molecule has 1 amide bonds. The predicted octanol–water partition coefficient (Wildman–Crippen LogP) is 4.67. The third-order valence-corrected chi connectivity index (χ3v) is 6.44. The summed E-state index contributed by atoms with van der Waals surface area (Å²) in [4.78, 5) is 16.6. The number of nitrogens with zero attached hydrogens (tertiary/aromatic N) is 4. The van der Waals surface area contributed by atoms with Crippen molar-refractivity contribution in [2.75, 3.05) is 0 Å². The summed E-state index contributed by atoms with van der Waals surface area (Å²) >= 11 is 1.38. The Morgan fingerprint density at radius 2 is 1.91 bits per heavy atom. The second kappa shape index (κ2) is 8.22. The number of benzene rings is 2. The van der Waals surface area contributed by atoms with Gasteiger partial charge in [-0.25, -0.2) is 4.98 Å². The normalized spacial score (nSPS) is 14.6. The summed E-state index contributed by atoms with van der Waals surface area (Å²) in [6.45, 7) is 0. The van der Waals surface area contributed by atoms with E-state index in [1.54, 1.807) is 24.3 Å². The molecule has 2 aromatic carbocycles. The van der Waals surface area contributed by atoms with Gasteiger partial charge >= 0.3 is 6.18 Å². The van der Waals surface area contributed by atoms with Crippen molar-refractivity contribution in [2.24, 2.45) is 0 Å². The van der Waals surface area contributed by atoms with Crippen molar-refractivity contribution < 1.29 is 22.4 Å². The summed E-state index contributed by atoms with van der Waals surface area (Å²) in [5.41, 5.74) is 0.381. The van der Waals surface area contributed by atoms with E-state index in [9.17, 15) is 18.0 Å². The van der Waals surface area contributed by atoms with Gasteiger partial charge in [-0.1, -0.05) is 18.2 Å². The van der Waals surface area contributed by atoms with Gasteiger partial charge in [-0.2, -0.15) is 18.4 Å². The minimum atomic E-state index is -4.41. The molecule has 0 unspecified atom stereocenters. The van der Waals surface area contributed by atoms with Crippen LogP contribution in [0.15, 0.2) is 46.9 Å². The highest BCUT2D eigenvalue weighted by Gasteiger charge is 2.44. The van der Waals surface area contributed by atoms with Crippen LogP contribution in [0.1, 0.15) is 35.2 Å². The zero-order valence-electron chi connectivity index (χ0n) is 17.5. The summed E-state index contributed by atoms with van der Waals surface area (Å²) < 4.78 is 45.5. The molecule has 1 aliphatic carbocycles. The molecule has 7 nitrogen and oxygen atoms in total. The first-order valence-corrected chi connectivity index (χ1v) is 11.2. The Morgan fingerprint density at radius 3 is 2.65 bits per heavy atom. The molecule has 0 radical (unpaired) electrons. The Balaban J connectivity index is 1.29. The third kappa shape index (κ3) is 4.63. The van der Waals surface area contributed by atoms with Gasteiger partial charge in [0.2, 0.25) is 17.7 Å². The molecule has 1 saturated carbocycles. The van der Waals surface area contributed by atoms with Crippen LogP contribution < -0.4 is 5.32 Å². The van der Waals surface area contributed by atoms with Gasteiger partial charge in [0.25, 0.3) is 0 Å². The van der Waals surface area contributed by atoms with Gasteiger partial charge in [0.1, 0.15) is 17.0 Å². The van der Waals surface area contributed by atoms with Gasteiger partial charge in [-0.05, 0) is 48.2 Å². The van der Waals surface area contributed by atoms with E-state index in [2.05, 4.69) is 26.6 Å². The molecular formula is C23H16F3N5O2S. The first-order chi connectivity index (χ1) is 16.2. The summed E-state index contributed by atoms with van der Waals surface area (Å²) in [5, 5.41) is 20.3. The largest absolute Gasteiger partial charge is 0.424 e. The molecule has 2 aromatic heterocycles. The van der Waals surface area contributed by atoms with Crippen LogP contribution in [0.5, 0.6) is 0 Å². The number of halogens is 3. The van der Waals surface area contributed by atoms with Crippen molar-refractivity contribution in [2.45, 2.75) is 37.4 Å². The molecule has 0 aliphatic heterocycles.